The van der Waals surface area contributed by atoms with Gasteiger partial charge in [-0.15, -0.1) is 0 Å². The van der Waals surface area contributed by atoms with Crippen LogP contribution in [0.25, 0.3) is 0 Å². The summed E-state index contributed by atoms with van der Waals surface area (Å²) >= 11 is 0. The van der Waals surface area contributed by atoms with E-state index in [9.17, 15) is 13.2 Å². The lowest BCUT2D eigenvalue weighted by Crippen LogP contribution is -2.41. The van der Waals surface area contributed by atoms with Crippen molar-refractivity contribution in [3.8, 4) is 11.5 Å². The van der Waals surface area contributed by atoms with Crippen LogP contribution in [0.5, 0.6) is 11.5 Å². The van der Waals surface area contributed by atoms with Crippen molar-refractivity contribution in [2.24, 2.45) is 0 Å². The Hall–Kier alpha value is -3.36. The van der Waals surface area contributed by atoms with E-state index in [0.717, 1.165) is 22.3 Å². The highest BCUT2D eigenvalue weighted by molar-refractivity contribution is 7.89. The molecule has 1 atom stereocenters. The summed E-state index contributed by atoms with van der Waals surface area (Å²) in [6, 6.07) is 19.2. The van der Waals surface area contributed by atoms with Gasteiger partial charge in [-0.05, 0) is 56.2 Å². The smallest absolute Gasteiger partial charge is 0.243 e. The molecule has 0 saturated heterocycles. The number of hydrogen-bond acceptors (Lipinski definition) is 5. The van der Waals surface area contributed by atoms with Gasteiger partial charge in [-0.2, -0.15) is 4.31 Å². The number of amides is 1. The minimum Gasteiger partial charge on any atom is -0.493 e. The number of nitrogens with one attached hydrogen (secondary N) is 1. The molecule has 1 N–H and O–H groups in total. The molecule has 0 unspecified atom stereocenters. The summed E-state index contributed by atoms with van der Waals surface area (Å²) in [6.45, 7) is 5.43. The van der Waals surface area contributed by atoms with Gasteiger partial charge >= 0.3 is 0 Å². The van der Waals surface area contributed by atoms with Crippen LogP contribution in [0.15, 0.2) is 71.6 Å². The number of aryl methyl sites for hydroxylation is 2. The summed E-state index contributed by atoms with van der Waals surface area (Å²) in [7, 11) is -0.807. The Morgan fingerprint density at radius 3 is 2.23 bits per heavy atom. The summed E-state index contributed by atoms with van der Waals surface area (Å²) in [6.07, 6.45) is 0. The number of ether oxygens (including phenoxy) is 2. The average Bonchev–Trinajstić information content (AvgIpc) is 2.83. The first kappa shape index (κ1) is 26.2. The summed E-state index contributed by atoms with van der Waals surface area (Å²) in [5.74, 6) is 0.730. The van der Waals surface area contributed by atoms with Gasteiger partial charge in [0.25, 0.3) is 0 Å². The maximum absolute atomic E-state index is 13.5. The Bertz CT molecular complexity index is 1270. The number of rotatable bonds is 10. The third kappa shape index (κ3) is 6.61. The van der Waals surface area contributed by atoms with Crippen molar-refractivity contribution >= 4 is 15.9 Å². The maximum atomic E-state index is 13.5. The molecule has 3 rings (SSSR count). The summed E-state index contributed by atoms with van der Waals surface area (Å²) in [5, 5.41) is 2.90. The molecule has 3 aromatic carbocycles. The van der Waals surface area contributed by atoms with Crippen molar-refractivity contribution in [1.29, 1.82) is 0 Å². The number of nitrogens with zero attached hydrogens (tertiary/aromatic N) is 1. The van der Waals surface area contributed by atoms with Crippen LogP contribution in [0.1, 0.15) is 35.2 Å². The molecule has 8 heteroatoms. The number of carbonyl (C=O) groups is 1. The molecule has 35 heavy (non-hydrogen) atoms. The van der Waals surface area contributed by atoms with Crippen molar-refractivity contribution in [3.63, 3.8) is 0 Å². The first-order valence-corrected chi connectivity index (χ1v) is 12.7. The zero-order valence-corrected chi connectivity index (χ0v) is 21.6. The van der Waals surface area contributed by atoms with E-state index >= 15 is 0 Å². The predicted octanol–water partition coefficient (Wildman–Crippen LogP) is 4.39. The Kier molecular flexibility index (Phi) is 8.53. The standard InChI is InChI=1S/C27H32N2O5S/c1-19-9-12-24(13-10-19)35(31,32)29(17-22-8-6-7-20(2)15-22)18-27(30)28-21(3)23-11-14-25(33-4)26(16-23)34-5/h6-16,21H,17-18H2,1-5H3,(H,28,30)/t21-/m0/s1. The molecule has 3 aromatic rings. The molecule has 0 spiro atoms. The monoisotopic (exact) mass is 496 g/mol. The van der Waals surface area contributed by atoms with Gasteiger partial charge in [0.05, 0.1) is 31.7 Å². The summed E-state index contributed by atoms with van der Waals surface area (Å²) in [4.78, 5) is 13.2. The van der Waals surface area contributed by atoms with E-state index in [1.54, 1.807) is 50.6 Å². The Labute approximate surface area is 207 Å². The predicted molar refractivity (Wildman–Crippen MR) is 136 cm³/mol. The van der Waals surface area contributed by atoms with Crippen LogP contribution in [-0.2, 0) is 21.4 Å². The van der Waals surface area contributed by atoms with Crippen LogP contribution in [0, 0.1) is 13.8 Å². The fourth-order valence-electron chi connectivity index (χ4n) is 3.75. The lowest BCUT2D eigenvalue weighted by atomic mass is 10.1. The first-order chi connectivity index (χ1) is 16.6. The number of hydrogen-bond donors (Lipinski definition) is 1. The molecule has 186 valence electrons. The fraction of sp³-hybridized carbons (Fsp3) is 0.296. The number of methoxy groups -OCH3 is 2. The van der Waals surface area contributed by atoms with E-state index in [1.165, 1.54) is 4.31 Å². The van der Waals surface area contributed by atoms with E-state index in [0.29, 0.717) is 11.5 Å². The van der Waals surface area contributed by atoms with Gasteiger partial charge in [-0.25, -0.2) is 8.42 Å². The molecule has 1 amide bonds. The molecule has 0 heterocycles. The second-order valence-corrected chi connectivity index (χ2v) is 10.4. The molecule has 0 radical (unpaired) electrons. The van der Waals surface area contributed by atoms with Crippen LogP contribution in [0.2, 0.25) is 0 Å². The molecule has 0 aliphatic carbocycles. The minimum atomic E-state index is -3.91. The van der Waals surface area contributed by atoms with E-state index in [-0.39, 0.29) is 24.0 Å². The molecule has 0 aliphatic rings. The molecule has 0 aliphatic heterocycles. The van der Waals surface area contributed by atoms with E-state index in [1.807, 2.05) is 51.1 Å². The average molecular weight is 497 g/mol. The lowest BCUT2D eigenvalue weighted by Gasteiger charge is -2.24. The second-order valence-electron chi connectivity index (χ2n) is 8.48. The van der Waals surface area contributed by atoms with Crippen molar-refractivity contribution in [1.82, 2.24) is 9.62 Å². The quantitative estimate of drug-likeness (QED) is 0.450. The van der Waals surface area contributed by atoms with Gasteiger partial charge in [0.15, 0.2) is 11.5 Å². The lowest BCUT2D eigenvalue weighted by molar-refractivity contribution is -0.122. The molecule has 0 saturated carbocycles. The van der Waals surface area contributed by atoms with E-state index in [2.05, 4.69) is 5.32 Å². The molecule has 0 fully saturated rings. The molecule has 7 nitrogen and oxygen atoms in total. The number of benzene rings is 3. The van der Waals surface area contributed by atoms with Crippen LogP contribution in [0.4, 0.5) is 0 Å². The Morgan fingerprint density at radius 2 is 1.60 bits per heavy atom. The van der Waals surface area contributed by atoms with Crippen LogP contribution >= 0.6 is 0 Å². The Balaban J connectivity index is 1.83. The second kappa shape index (κ2) is 11.4. The van der Waals surface area contributed by atoms with Crippen LogP contribution in [0.3, 0.4) is 0 Å². The molecular weight excluding hydrogens is 464 g/mol. The van der Waals surface area contributed by atoms with Crippen molar-refractivity contribution in [3.05, 3.63) is 89.0 Å². The van der Waals surface area contributed by atoms with Gasteiger partial charge in [-0.3, -0.25) is 4.79 Å². The zero-order valence-electron chi connectivity index (χ0n) is 20.7. The largest absolute Gasteiger partial charge is 0.493 e. The highest BCUT2D eigenvalue weighted by atomic mass is 32.2. The van der Waals surface area contributed by atoms with Crippen molar-refractivity contribution in [2.75, 3.05) is 20.8 Å². The molecule has 0 bridgehead atoms. The van der Waals surface area contributed by atoms with E-state index < -0.39 is 15.9 Å². The maximum Gasteiger partial charge on any atom is 0.243 e. The highest BCUT2D eigenvalue weighted by Crippen LogP contribution is 2.30. The van der Waals surface area contributed by atoms with Crippen LogP contribution < -0.4 is 14.8 Å². The summed E-state index contributed by atoms with van der Waals surface area (Å²) < 4.78 is 38.8. The van der Waals surface area contributed by atoms with Gasteiger partial charge in [0.2, 0.25) is 15.9 Å². The molecule has 0 aromatic heterocycles. The fourth-order valence-corrected chi connectivity index (χ4v) is 5.14. The number of carbonyl (C=O) groups excluding carboxylic acids is 1. The highest BCUT2D eigenvalue weighted by Gasteiger charge is 2.27. The first-order valence-electron chi connectivity index (χ1n) is 11.3. The van der Waals surface area contributed by atoms with Gasteiger partial charge in [0.1, 0.15) is 0 Å². The Morgan fingerprint density at radius 1 is 0.914 bits per heavy atom. The third-order valence-corrected chi connectivity index (χ3v) is 7.51. The minimum absolute atomic E-state index is 0.0794. The van der Waals surface area contributed by atoms with E-state index in [4.69, 9.17) is 9.47 Å². The topological polar surface area (TPSA) is 84.9 Å². The van der Waals surface area contributed by atoms with Gasteiger partial charge in [-0.1, -0.05) is 53.6 Å². The van der Waals surface area contributed by atoms with Crippen molar-refractivity contribution in [2.45, 2.75) is 38.3 Å². The van der Waals surface area contributed by atoms with Crippen LogP contribution in [-0.4, -0.2) is 39.4 Å². The number of sulfonamides is 1. The summed E-state index contributed by atoms with van der Waals surface area (Å²) in [5.41, 5.74) is 3.58. The van der Waals surface area contributed by atoms with Gasteiger partial charge < -0.3 is 14.8 Å². The molecular formula is C27H32N2O5S. The SMILES string of the molecule is COc1ccc([C@H](C)NC(=O)CN(Cc2cccc(C)c2)S(=O)(=O)c2ccc(C)cc2)cc1OC. The van der Waals surface area contributed by atoms with Gasteiger partial charge in [0, 0.05) is 6.54 Å². The van der Waals surface area contributed by atoms with Crippen molar-refractivity contribution < 1.29 is 22.7 Å². The normalized spacial score (nSPS) is 12.3. The zero-order chi connectivity index (χ0) is 25.6. The third-order valence-electron chi connectivity index (χ3n) is 5.71.